The number of benzene rings is 1. The van der Waals surface area contributed by atoms with Gasteiger partial charge < -0.3 is 10.6 Å². The number of nitrogens with one attached hydrogen (secondary N) is 2. The molecule has 1 aromatic carbocycles. The zero-order valence-corrected chi connectivity index (χ0v) is 28.6. The number of thiazole rings is 1. The second kappa shape index (κ2) is 19.7. The van der Waals surface area contributed by atoms with Crippen molar-refractivity contribution in [3.8, 4) is 0 Å². The van der Waals surface area contributed by atoms with Gasteiger partial charge in [0.15, 0.2) is 4.34 Å². The first kappa shape index (κ1) is 37.6. The number of halogens is 4. The lowest BCUT2D eigenvalue weighted by Gasteiger charge is -2.46. The average molecular weight is 729 g/mol. The maximum Gasteiger partial charge on any atom is 0.416 e. The molecule has 1 saturated carbocycles. The van der Waals surface area contributed by atoms with E-state index in [2.05, 4.69) is 55.6 Å². The Bertz CT molecular complexity index is 1040. The molecule has 2 fully saturated rings. The highest BCUT2D eigenvalue weighted by Gasteiger charge is 2.36. The van der Waals surface area contributed by atoms with Crippen LogP contribution < -0.4 is 10.6 Å². The fourth-order valence-corrected chi connectivity index (χ4v) is 6.97. The number of hydrogen-bond donors (Lipinski definition) is 2. The molecule has 4 rings (SSSR count). The molecule has 0 atom stereocenters. The van der Waals surface area contributed by atoms with E-state index in [9.17, 15) is 22.8 Å². The molecule has 2 amide bonds. The molecule has 1 saturated heterocycles. The summed E-state index contributed by atoms with van der Waals surface area (Å²) in [6.45, 7) is 13.5. The Morgan fingerprint density at radius 1 is 1.10 bits per heavy atom. The second-order valence-corrected chi connectivity index (χ2v) is 12.5. The van der Waals surface area contributed by atoms with E-state index in [1.807, 2.05) is 33.9 Å². The Kier molecular flexibility index (Phi) is 18.1. The maximum absolute atomic E-state index is 12.8. The Labute approximate surface area is 263 Å². The molecular weight excluding hydrogens is 684 g/mol. The van der Waals surface area contributed by atoms with E-state index in [1.165, 1.54) is 23.4 Å². The number of hydrogen-bond acceptors (Lipinski definition) is 6. The van der Waals surface area contributed by atoms with Crippen molar-refractivity contribution in [1.29, 1.82) is 0 Å². The minimum absolute atomic E-state index is 0.0282. The predicted molar refractivity (Wildman–Crippen MR) is 173 cm³/mol. The van der Waals surface area contributed by atoms with Gasteiger partial charge in [-0.3, -0.25) is 14.5 Å². The molecule has 0 spiro atoms. The van der Waals surface area contributed by atoms with Crippen LogP contribution in [0.5, 0.6) is 0 Å². The fourth-order valence-electron chi connectivity index (χ4n) is 4.50. The molecule has 1 aliphatic heterocycles. The number of carbonyl (C=O) groups excluding carboxylic acids is 2. The second-order valence-electron chi connectivity index (χ2n) is 9.30. The molecule has 232 valence electrons. The highest BCUT2D eigenvalue weighted by Crippen LogP contribution is 2.40. The van der Waals surface area contributed by atoms with Crippen LogP contribution in [0.3, 0.4) is 0 Å². The van der Waals surface area contributed by atoms with Crippen LogP contribution in [0.4, 0.5) is 13.2 Å². The van der Waals surface area contributed by atoms with Gasteiger partial charge in [-0.15, -0.1) is 11.3 Å². The third-order valence-electron chi connectivity index (χ3n) is 6.32. The molecule has 1 aliphatic carbocycles. The molecule has 2 aliphatic rings. The van der Waals surface area contributed by atoms with Gasteiger partial charge in [0.2, 0.25) is 5.91 Å². The molecule has 41 heavy (non-hydrogen) atoms. The molecule has 0 bridgehead atoms. The highest BCUT2D eigenvalue weighted by atomic mass is 127. The number of likely N-dealkylation sites (tertiary alicyclic amines) is 1. The minimum Gasteiger partial charge on any atom is -0.349 e. The largest absolute Gasteiger partial charge is 0.416 e. The van der Waals surface area contributed by atoms with Crippen molar-refractivity contribution in [3.05, 3.63) is 46.5 Å². The fraction of sp³-hybridized carbons (Fsp3) is 0.621. The molecule has 12 heteroatoms. The van der Waals surface area contributed by atoms with E-state index in [0.717, 1.165) is 55.2 Å². The lowest BCUT2D eigenvalue weighted by molar-refractivity contribution is -0.137. The van der Waals surface area contributed by atoms with Crippen LogP contribution in [0.2, 0.25) is 0 Å². The molecule has 2 N–H and O–H groups in total. The third kappa shape index (κ3) is 12.4. The van der Waals surface area contributed by atoms with E-state index in [4.69, 9.17) is 0 Å². The number of rotatable bonds is 7. The number of carbonyl (C=O) groups is 2. The van der Waals surface area contributed by atoms with Crippen LogP contribution in [-0.4, -0.2) is 53.4 Å². The molecule has 0 radical (unpaired) electrons. The van der Waals surface area contributed by atoms with E-state index in [-0.39, 0.29) is 24.1 Å². The Morgan fingerprint density at radius 2 is 1.71 bits per heavy atom. The zero-order valence-electron chi connectivity index (χ0n) is 24.8. The van der Waals surface area contributed by atoms with Crippen molar-refractivity contribution in [2.24, 2.45) is 0 Å². The van der Waals surface area contributed by atoms with Crippen LogP contribution in [0.25, 0.3) is 0 Å². The van der Waals surface area contributed by atoms with Gasteiger partial charge in [0.25, 0.3) is 5.91 Å². The summed E-state index contributed by atoms with van der Waals surface area (Å²) < 4.78 is 39.5. The quantitative estimate of drug-likeness (QED) is 0.281. The molecule has 2 aromatic rings. The summed E-state index contributed by atoms with van der Waals surface area (Å²) in [5.74, 6) is -0.468. The van der Waals surface area contributed by atoms with Gasteiger partial charge >= 0.3 is 6.18 Å². The summed E-state index contributed by atoms with van der Waals surface area (Å²) in [6.07, 6.45) is 3.28. The van der Waals surface area contributed by atoms with E-state index in [1.54, 1.807) is 20.3 Å². The van der Waals surface area contributed by atoms with Crippen LogP contribution in [0.15, 0.2) is 34.8 Å². The lowest BCUT2D eigenvalue weighted by atomic mass is 9.83. The van der Waals surface area contributed by atoms with Crippen LogP contribution >= 0.6 is 41.5 Å². The highest BCUT2D eigenvalue weighted by molar-refractivity contribution is 14.2. The summed E-state index contributed by atoms with van der Waals surface area (Å²) in [4.78, 5) is 32.5. The number of aromatic nitrogens is 1. The molecule has 2 heterocycles. The van der Waals surface area contributed by atoms with Gasteiger partial charge in [-0.2, -0.15) is 13.2 Å². The number of nitrogens with zero attached hydrogens (tertiary/aromatic N) is 2. The predicted octanol–water partition coefficient (Wildman–Crippen LogP) is 8.33. The summed E-state index contributed by atoms with van der Waals surface area (Å²) in [5, 5.41) is 5.28. The van der Waals surface area contributed by atoms with Gasteiger partial charge in [-0.1, -0.05) is 54.0 Å². The van der Waals surface area contributed by atoms with E-state index in [0.29, 0.717) is 12.0 Å². The first-order valence-corrected chi connectivity index (χ1v) is 18.5. The van der Waals surface area contributed by atoms with Gasteiger partial charge in [0, 0.05) is 57.0 Å². The summed E-state index contributed by atoms with van der Waals surface area (Å²) >= 11 is 4.04. The first-order chi connectivity index (χ1) is 19.6. The standard InChI is InChI=1S/C22H24F3IN4O2S2.C3H8.2C2H6/c23-22(24,25)15-3-1-2-14(8-15)20(32)27-10-19(31)29-16-11-30(12-16)17-6-4-13(5-7-17)18-9-28-21(33-18)34-26;1-3-2;2*1-2/h1-3,8-9,13,16-17H,4-7,10-12H2,(H,27,32)(H,29,31);3H2,1-2H3;2*1-2H3. The Hall–Kier alpha value is -1.38. The van der Waals surface area contributed by atoms with Gasteiger partial charge in [-0.05, 0) is 58.7 Å². The van der Waals surface area contributed by atoms with Crippen molar-refractivity contribution in [3.63, 3.8) is 0 Å². The summed E-state index contributed by atoms with van der Waals surface area (Å²) in [5.41, 5.74) is -1.03. The smallest absolute Gasteiger partial charge is 0.349 e. The monoisotopic (exact) mass is 728 g/mol. The maximum atomic E-state index is 12.8. The lowest BCUT2D eigenvalue weighted by Crippen LogP contribution is -2.63. The van der Waals surface area contributed by atoms with Crippen molar-refractivity contribution < 1.29 is 22.8 Å². The van der Waals surface area contributed by atoms with E-state index >= 15 is 0 Å². The van der Waals surface area contributed by atoms with Gasteiger partial charge in [0.1, 0.15) is 0 Å². The van der Waals surface area contributed by atoms with Crippen LogP contribution in [0.1, 0.15) is 100 Å². The number of alkyl halides is 3. The topological polar surface area (TPSA) is 74.3 Å². The molecule has 1 aromatic heterocycles. The van der Waals surface area contributed by atoms with Crippen molar-refractivity contribution in [2.45, 2.75) is 102 Å². The Balaban J connectivity index is 0.00000110. The average Bonchev–Trinajstić information content (AvgIpc) is 3.45. The summed E-state index contributed by atoms with van der Waals surface area (Å²) in [7, 11) is 1.65. The van der Waals surface area contributed by atoms with Crippen LogP contribution in [0, 0.1) is 0 Å². The Morgan fingerprint density at radius 3 is 2.24 bits per heavy atom. The van der Waals surface area contributed by atoms with Crippen LogP contribution in [-0.2, 0) is 11.0 Å². The minimum atomic E-state index is -4.53. The zero-order chi connectivity index (χ0) is 31.0. The van der Waals surface area contributed by atoms with Crippen molar-refractivity contribution >= 4 is 53.3 Å². The van der Waals surface area contributed by atoms with Crippen molar-refractivity contribution in [1.82, 2.24) is 20.5 Å². The van der Waals surface area contributed by atoms with Gasteiger partial charge in [0.05, 0.1) is 18.2 Å². The first-order valence-electron chi connectivity index (χ1n) is 14.4. The van der Waals surface area contributed by atoms with Crippen molar-refractivity contribution in [2.75, 3.05) is 19.6 Å². The van der Waals surface area contributed by atoms with Gasteiger partial charge in [-0.25, -0.2) is 4.98 Å². The molecular formula is C29H44F3IN4O2S2. The SMILES string of the molecule is CC.CC.CCC.O=C(CNC(=O)c1cccc(C(F)(F)F)c1)NC1CN(C2CCC(c3cnc(SI)s3)CC2)C1. The van der Waals surface area contributed by atoms with E-state index < -0.39 is 17.6 Å². The molecule has 6 nitrogen and oxygen atoms in total. The summed E-state index contributed by atoms with van der Waals surface area (Å²) in [6, 6.07) is 4.70. The normalized spacial score (nSPS) is 18.7. The third-order valence-corrected chi connectivity index (χ3v) is 10.2. The number of amides is 2. The molecule has 0 unspecified atom stereocenters.